The highest BCUT2D eigenvalue weighted by Crippen LogP contribution is 2.27. The molecule has 0 fully saturated rings. The van der Waals surface area contributed by atoms with Gasteiger partial charge in [-0.3, -0.25) is 0 Å². The minimum atomic E-state index is -0.350. The third-order valence-electron chi connectivity index (χ3n) is 2.03. The van der Waals surface area contributed by atoms with Crippen LogP contribution in [0.15, 0.2) is 28.7 Å². The molecule has 2 aromatic rings. The van der Waals surface area contributed by atoms with Gasteiger partial charge in [0.1, 0.15) is 16.8 Å². The van der Waals surface area contributed by atoms with Crippen LogP contribution in [0, 0.1) is 12.7 Å². The number of hydrogen-bond donors (Lipinski definition) is 0. The summed E-state index contributed by atoms with van der Waals surface area (Å²) < 4.78 is 14.2. The summed E-state index contributed by atoms with van der Waals surface area (Å²) >= 11 is 8.94. The fraction of sp³-hybridized carbons (Fsp3) is 0.0909. The van der Waals surface area contributed by atoms with Crippen LogP contribution in [0.2, 0.25) is 5.15 Å². The average molecular weight is 302 g/mol. The average Bonchev–Trinajstić information content (AvgIpc) is 2.20. The Hall–Kier alpha value is -1.00. The van der Waals surface area contributed by atoms with Crippen molar-refractivity contribution in [2.45, 2.75) is 6.92 Å². The molecule has 0 unspecified atom stereocenters. The van der Waals surface area contributed by atoms with Crippen molar-refractivity contribution >= 4 is 27.5 Å². The second-order valence-electron chi connectivity index (χ2n) is 3.22. The van der Waals surface area contributed by atoms with Gasteiger partial charge >= 0.3 is 0 Å². The van der Waals surface area contributed by atoms with Crippen molar-refractivity contribution in [1.29, 1.82) is 0 Å². The summed E-state index contributed by atoms with van der Waals surface area (Å²) in [4.78, 5) is 8.08. The minimum absolute atomic E-state index is 0.307. The van der Waals surface area contributed by atoms with Crippen LogP contribution in [0.5, 0.6) is 0 Å². The zero-order chi connectivity index (χ0) is 11.7. The van der Waals surface area contributed by atoms with Crippen LogP contribution in [0.4, 0.5) is 4.39 Å². The first kappa shape index (κ1) is 11.5. The quantitative estimate of drug-likeness (QED) is 0.744. The molecule has 2 nitrogen and oxygen atoms in total. The topological polar surface area (TPSA) is 25.8 Å². The molecule has 0 amide bonds. The molecule has 16 heavy (non-hydrogen) atoms. The fourth-order valence-electron chi connectivity index (χ4n) is 1.37. The Morgan fingerprint density at radius 1 is 1.31 bits per heavy atom. The summed E-state index contributed by atoms with van der Waals surface area (Å²) in [6.07, 6.45) is 0. The summed E-state index contributed by atoms with van der Waals surface area (Å²) in [7, 11) is 0. The Kier molecular flexibility index (Phi) is 3.21. The number of aryl methyl sites for hydroxylation is 1. The first-order valence-electron chi connectivity index (χ1n) is 4.53. The fourth-order valence-corrected chi connectivity index (χ4v) is 1.96. The summed E-state index contributed by atoms with van der Waals surface area (Å²) in [6, 6.07) is 6.57. The Balaban J connectivity index is 2.63. The van der Waals surface area contributed by atoms with E-state index in [4.69, 9.17) is 11.6 Å². The van der Waals surface area contributed by atoms with Crippen molar-refractivity contribution < 1.29 is 4.39 Å². The summed E-state index contributed by atoms with van der Waals surface area (Å²) in [5.41, 5.74) is 0.887. The van der Waals surface area contributed by atoms with Gasteiger partial charge < -0.3 is 0 Å². The molecular formula is C11H7BrClFN2. The molecule has 0 atom stereocenters. The van der Waals surface area contributed by atoms with Gasteiger partial charge in [-0.2, -0.15) is 0 Å². The Morgan fingerprint density at radius 2 is 2.06 bits per heavy atom. The second kappa shape index (κ2) is 4.47. The molecule has 0 N–H and O–H groups in total. The Morgan fingerprint density at radius 3 is 2.75 bits per heavy atom. The highest BCUT2D eigenvalue weighted by molar-refractivity contribution is 9.10. The highest BCUT2D eigenvalue weighted by Gasteiger charge is 2.10. The standard InChI is InChI=1S/C11H7BrClFN2/c1-6-15-9(5-10(13)16-6)7-3-2-4-8(12)11(7)14/h2-5H,1H3. The smallest absolute Gasteiger partial charge is 0.146 e. The molecule has 82 valence electrons. The molecule has 0 aliphatic heterocycles. The maximum absolute atomic E-state index is 13.8. The van der Waals surface area contributed by atoms with E-state index in [1.54, 1.807) is 31.2 Å². The molecule has 1 heterocycles. The van der Waals surface area contributed by atoms with Crippen molar-refractivity contribution in [3.8, 4) is 11.3 Å². The third kappa shape index (κ3) is 2.23. The maximum atomic E-state index is 13.8. The normalized spacial score (nSPS) is 10.5. The molecule has 1 aromatic heterocycles. The second-order valence-corrected chi connectivity index (χ2v) is 4.47. The highest BCUT2D eigenvalue weighted by atomic mass is 79.9. The van der Waals surface area contributed by atoms with E-state index in [1.165, 1.54) is 0 Å². The van der Waals surface area contributed by atoms with Crippen LogP contribution in [0.1, 0.15) is 5.82 Å². The van der Waals surface area contributed by atoms with E-state index in [9.17, 15) is 4.39 Å². The first-order chi connectivity index (χ1) is 7.58. The maximum Gasteiger partial charge on any atom is 0.146 e. The van der Waals surface area contributed by atoms with Crippen molar-refractivity contribution in [2.75, 3.05) is 0 Å². The van der Waals surface area contributed by atoms with Crippen LogP contribution in [0.3, 0.4) is 0 Å². The molecule has 0 radical (unpaired) electrons. The van der Waals surface area contributed by atoms with Crippen LogP contribution in [-0.4, -0.2) is 9.97 Å². The van der Waals surface area contributed by atoms with E-state index in [1.807, 2.05) is 0 Å². The number of benzene rings is 1. The van der Waals surface area contributed by atoms with Gasteiger partial charge in [0.25, 0.3) is 0 Å². The van der Waals surface area contributed by atoms with Gasteiger partial charge in [-0.15, -0.1) is 0 Å². The Bertz CT molecular complexity index is 525. The van der Waals surface area contributed by atoms with Gasteiger partial charge in [0, 0.05) is 11.6 Å². The number of halogens is 3. The molecule has 5 heteroatoms. The minimum Gasteiger partial charge on any atom is -0.233 e. The van der Waals surface area contributed by atoms with E-state index in [0.717, 1.165) is 0 Å². The van der Waals surface area contributed by atoms with E-state index in [0.29, 0.717) is 26.7 Å². The molecule has 0 saturated carbocycles. The lowest BCUT2D eigenvalue weighted by Gasteiger charge is -2.05. The largest absolute Gasteiger partial charge is 0.233 e. The summed E-state index contributed by atoms with van der Waals surface area (Å²) in [5.74, 6) is 0.165. The molecule has 0 aliphatic carbocycles. The van der Waals surface area contributed by atoms with Crippen LogP contribution in [-0.2, 0) is 0 Å². The summed E-state index contributed by atoms with van der Waals surface area (Å²) in [6.45, 7) is 1.71. The predicted octanol–water partition coefficient (Wildman–Crippen LogP) is 4.01. The van der Waals surface area contributed by atoms with E-state index < -0.39 is 0 Å². The SMILES string of the molecule is Cc1nc(Cl)cc(-c2cccc(Br)c2F)n1. The van der Waals surface area contributed by atoms with Crippen molar-refractivity contribution in [2.24, 2.45) is 0 Å². The molecule has 0 bridgehead atoms. The van der Waals surface area contributed by atoms with Gasteiger partial charge in [-0.25, -0.2) is 14.4 Å². The van der Waals surface area contributed by atoms with Crippen molar-refractivity contribution in [1.82, 2.24) is 9.97 Å². The number of nitrogens with zero attached hydrogens (tertiary/aromatic N) is 2. The van der Waals surface area contributed by atoms with Crippen LogP contribution in [0.25, 0.3) is 11.3 Å². The molecule has 0 saturated heterocycles. The molecule has 1 aromatic carbocycles. The Labute approximate surface area is 106 Å². The van der Waals surface area contributed by atoms with E-state index in [-0.39, 0.29) is 5.82 Å². The molecular weight excluding hydrogens is 294 g/mol. The number of hydrogen-bond acceptors (Lipinski definition) is 2. The van der Waals surface area contributed by atoms with E-state index >= 15 is 0 Å². The van der Waals surface area contributed by atoms with Gasteiger partial charge in [0.2, 0.25) is 0 Å². The first-order valence-corrected chi connectivity index (χ1v) is 5.70. The van der Waals surface area contributed by atoms with Crippen molar-refractivity contribution in [3.63, 3.8) is 0 Å². The van der Waals surface area contributed by atoms with E-state index in [2.05, 4.69) is 25.9 Å². The van der Waals surface area contributed by atoms with Gasteiger partial charge in [-0.05, 0) is 35.0 Å². The van der Waals surface area contributed by atoms with Gasteiger partial charge in [0.05, 0.1) is 10.2 Å². The monoisotopic (exact) mass is 300 g/mol. The zero-order valence-corrected chi connectivity index (χ0v) is 10.7. The third-order valence-corrected chi connectivity index (χ3v) is 2.84. The summed E-state index contributed by atoms with van der Waals surface area (Å²) in [5, 5.41) is 0.307. The van der Waals surface area contributed by atoms with Crippen LogP contribution < -0.4 is 0 Å². The number of aromatic nitrogens is 2. The molecule has 0 aliphatic rings. The molecule has 2 rings (SSSR count). The van der Waals surface area contributed by atoms with Gasteiger partial charge in [0.15, 0.2) is 0 Å². The van der Waals surface area contributed by atoms with Gasteiger partial charge in [-0.1, -0.05) is 17.7 Å². The van der Waals surface area contributed by atoms with Crippen molar-refractivity contribution in [3.05, 3.63) is 45.5 Å². The molecule has 0 spiro atoms. The lowest BCUT2D eigenvalue weighted by Crippen LogP contribution is -1.94. The number of rotatable bonds is 1. The lowest BCUT2D eigenvalue weighted by atomic mass is 10.1. The van der Waals surface area contributed by atoms with Crippen LogP contribution >= 0.6 is 27.5 Å². The predicted molar refractivity (Wildman–Crippen MR) is 64.9 cm³/mol. The zero-order valence-electron chi connectivity index (χ0n) is 8.34. The lowest BCUT2D eigenvalue weighted by molar-refractivity contribution is 0.624.